The van der Waals surface area contributed by atoms with E-state index in [1.165, 1.54) is 0 Å². The van der Waals surface area contributed by atoms with Crippen LogP contribution in [0.3, 0.4) is 0 Å². The van der Waals surface area contributed by atoms with Crippen molar-refractivity contribution in [3.8, 4) is 0 Å². The highest BCUT2D eigenvalue weighted by Crippen LogP contribution is 1.85. The molecule has 0 fully saturated rings. The molecule has 0 heterocycles. The number of aliphatic imine (C=N–C) groups is 1. The zero-order chi connectivity index (χ0) is 7.28. The van der Waals surface area contributed by atoms with Gasteiger partial charge in [0.05, 0.1) is 0 Å². The molecule has 0 spiro atoms. The number of hydrogen-bond donors (Lipinski definition) is 1. The molecule has 4 heteroatoms. The van der Waals surface area contributed by atoms with Gasteiger partial charge in [0.15, 0.2) is 6.10 Å². The van der Waals surface area contributed by atoms with E-state index in [9.17, 15) is 9.59 Å². The topological polar surface area (TPSA) is 66.7 Å². The summed E-state index contributed by atoms with van der Waals surface area (Å²) in [6.45, 7) is 3.10. The number of hydrogen-bond acceptors (Lipinski definition) is 3. The Labute approximate surface area is 51.5 Å². The minimum Gasteiger partial charge on any atom is -0.379 e. The van der Waals surface area contributed by atoms with E-state index >= 15 is 0 Å². The Morgan fingerprint density at radius 3 is 2.78 bits per heavy atom. The van der Waals surface area contributed by atoms with Crippen LogP contribution < -0.4 is 0 Å². The molecule has 0 rings (SSSR count). The van der Waals surface area contributed by atoms with Gasteiger partial charge in [-0.15, -0.1) is 4.99 Å². The van der Waals surface area contributed by atoms with E-state index in [0.29, 0.717) is 0 Å². The van der Waals surface area contributed by atoms with Crippen molar-refractivity contribution in [3.05, 3.63) is 12.7 Å². The smallest absolute Gasteiger partial charge is 0.289 e. The third-order valence-electron chi connectivity index (χ3n) is 0.632. The van der Waals surface area contributed by atoms with Gasteiger partial charge in [-0.05, 0) is 0 Å². The first-order valence-corrected chi connectivity index (χ1v) is 2.14. The molecule has 0 aliphatic carbocycles. The van der Waals surface area contributed by atoms with Gasteiger partial charge in [0.25, 0.3) is 5.91 Å². The Kier molecular flexibility index (Phi) is 3.20. The van der Waals surface area contributed by atoms with Crippen LogP contribution in [0.2, 0.25) is 0 Å². The molecule has 0 aromatic rings. The van der Waals surface area contributed by atoms with Crippen LogP contribution in [0, 0.1) is 0 Å². The normalized spacial score (nSPS) is 11.2. The molecule has 9 heavy (non-hydrogen) atoms. The Morgan fingerprint density at radius 1 is 1.89 bits per heavy atom. The standard InChI is InChI=1S/C5H5NO3/c1-2-4(8)5(9)6-3-7/h2,4,8H,1H2. The van der Waals surface area contributed by atoms with Crippen molar-refractivity contribution in [2.45, 2.75) is 6.10 Å². The summed E-state index contributed by atoms with van der Waals surface area (Å²) >= 11 is 0. The van der Waals surface area contributed by atoms with Crippen molar-refractivity contribution in [1.82, 2.24) is 0 Å². The van der Waals surface area contributed by atoms with Gasteiger partial charge in [-0.25, -0.2) is 4.79 Å². The van der Waals surface area contributed by atoms with Crippen LogP contribution in [-0.2, 0) is 9.59 Å². The number of carbonyl (C=O) groups excluding carboxylic acids is 2. The van der Waals surface area contributed by atoms with Crippen LogP contribution in [0.5, 0.6) is 0 Å². The van der Waals surface area contributed by atoms with Crippen LogP contribution in [0.15, 0.2) is 17.6 Å². The molecule has 1 unspecified atom stereocenters. The van der Waals surface area contributed by atoms with Crippen LogP contribution >= 0.6 is 0 Å². The van der Waals surface area contributed by atoms with E-state index in [1.54, 1.807) is 0 Å². The molecular formula is C5H5NO3. The minimum atomic E-state index is -1.38. The predicted molar refractivity (Wildman–Crippen MR) is 29.3 cm³/mol. The first kappa shape index (κ1) is 7.75. The molecule has 0 saturated carbocycles. The van der Waals surface area contributed by atoms with Gasteiger partial charge < -0.3 is 5.11 Å². The fourth-order valence-corrected chi connectivity index (χ4v) is 0.212. The number of isocyanates is 1. The summed E-state index contributed by atoms with van der Waals surface area (Å²) in [5, 5.41) is 8.52. The molecule has 0 bridgehead atoms. The molecule has 1 N–H and O–H groups in total. The van der Waals surface area contributed by atoms with Crippen molar-refractivity contribution < 1.29 is 14.7 Å². The number of rotatable bonds is 2. The first-order chi connectivity index (χ1) is 4.22. The van der Waals surface area contributed by atoms with Gasteiger partial charge in [0.2, 0.25) is 6.08 Å². The molecule has 1 atom stereocenters. The van der Waals surface area contributed by atoms with Crippen LogP contribution in [0.1, 0.15) is 0 Å². The van der Waals surface area contributed by atoms with Crippen LogP contribution in [-0.4, -0.2) is 23.2 Å². The molecule has 48 valence electrons. The van der Waals surface area contributed by atoms with E-state index in [2.05, 4.69) is 11.6 Å². The van der Waals surface area contributed by atoms with Crippen molar-refractivity contribution >= 4 is 12.0 Å². The molecular weight excluding hydrogens is 122 g/mol. The second kappa shape index (κ2) is 3.72. The lowest BCUT2D eigenvalue weighted by Gasteiger charge is -1.92. The summed E-state index contributed by atoms with van der Waals surface area (Å²) in [6, 6.07) is 0. The zero-order valence-electron chi connectivity index (χ0n) is 4.57. The highest BCUT2D eigenvalue weighted by Gasteiger charge is 2.07. The minimum absolute atomic E-state index is 0.944. The van der Waals surface area contributed by atoms with Crippen molar-refractivity contribution in [2.75, 3.05) is 0 Å². The second-order valence-corrected chi connectivity index (χ2v) is 1.22. The van der Waals surface area contributed by atoms with Crippen molar-refractivity contribution in [3.63, 3.8) is 0 Å². The maximum Gasteiger partial charge on any atom is 0.289 e. The lowest BCUT2D eigenvalue weighted by Crippen LogP contribution is -2.13. The van der Waals surface area contributed by atoms with Crippen molar-refractivity contribution in [1.29, 1.82) is 0 Å². The largest absolute Gasteiger partial charge is 0.379 e. The average molecular weight is 127 g/mol. The van der Waals surface area contributed by atoms with Gasteiger partial charge in [-0.2, -0.15) is 0 Å². The third-order valence-corrected chi connectivity index (χ3v) is 0.632. The maximum atomic E-state index is 10.2. The summed E-state index contributed by atoms with van der Waals surface area (Å²) in [5.41, 5.74) is 0. The molecule has 1 amide bonds. The van der Waals surface area contributed by atoms with Gasteiger partial charge >= 0.3 is 0 Å². The first-order valence-electron chi connectivity index (χ1n) is 2.14. The van der Waals surface area contributed by atoms with Gasteiger partial charge in [0, 0.05) is 0 Å². The zero-order valence-corrected chi connectivity index (χ0v) is 4.57. The second-order valence-electron chi connectivity index (χ2n) is 1.22. The Hall–Kier alpha value is -1.25. The Bertz CT molecular complexity index is 169. The molecule has 0 aromatic heterocycles. The number of aliphatic hydroxyl groups is 1. The lowest BCUT2D eigenvalue weighted by atomic mass is 10.3. The maximum absolute atomic E-state index is 10.2. The number of amides is 1. The van der Waals surface area contributed by atoms with Crippen LogP contribution in [0.4, 0.5) is 0 Å². The van der Waals surface area contributed by atoms with Gasteiger partial charge in [-0.1, -0.05) is 12.7 Å². The quantitative estimate of drug-likeness (QED) is 0.306. The SMILES string of the molecule is C=CC(O)C(=O)N=C=O. The molecule has 0 aliphatic heterocycles. The molecule has 0 saturated heterocycles. The molecule has 0 aromatic carbocycles. The highest BCUT2D eigenvalue weighted by atomic mass is 16.3. The van der Waals surface area contributed by atoms with E-state index in [1.807, 2.05) is 0 Å². The van der Waals surface area contributed by atoms with Gasteiger partial charge in [-0.3, -0.25) is 4.79 Å². The number of nitrogens with zero attached hydrogens (tertiary/aromatic N) is 1. The van der Waals surface area contributed by atoms with E-state index in [-0.39, 0.29) is 0 Å². The molecule has 0 aliphatic rings. The Morgan fingerprint density at radius 2 is 2.44 bits per heavy atom. The van der Waals surface area contributed by atoms with Crippen LogP contribution in [0.25, 0.3) is 0 Å². The fraction of sp³-hybridized carbons (Fsp3) is 0.200. The fourth-order valence-electron chi connectivity index (χ4n) is 0.212. The van der Waals surface area contributed by atoms with E-state index in [0.717, 1.165) is 12.2 Å². The summed E-state index contributed by atoms with van der Waals surface area (Å²) < 4.78 is 0. The third kappa shape index (κ3) is 2.54. The monoisotopic (exact) mass is 127 g/mol. The number of aliphatic hydroxyl groups excluding tert-OH is 1. The summed E-state index contributed by atoms with van der Waals surface area (Å²) in [7, 11) is 0. The van der Waals surface area contributed by atoms with E-state index < -0.39 is 12.0 Å². The lowest BCUT2D eigenvalue weighted by molar-refractivity contribution is -0.123. The van der Waals surface area contributed by atoms with Crippen molar-refractivity contribution in [2.24, 2.45) is 4.99 Å². The predicted octanol–water partition coefficient (Wildman–Crippen LogP) is -0.604. The average Bonchev–Trinajstić information content (AvgIpc) is 1.87. The summed E-state index contributed by atoms with van der Waals surface area (Å²) in [5.74, 6) is -0.944. The highest BCUT2D eigenvalue weighted by molar-refractivity contribution is 5.86. The van der Waals surface area contributed by atoms with Gasteiger partial charge in [0.1, 0.15) is 0 Å². The molecule has 4 nitrogen and oxygen atoms in total. The number of carbonyl (C=O) groups is 1. The summed E-state index contributed by atoms with van der Waals surface area (Å²) in [6.07, 6.45) is 0.593. The Balaban J connectivity index is 4.03. The van der Waals surface area contributed by atoms with E-state index in [4.69, 9.17) is 5.11 Å². The summed E-state index contributed by atoms with van der Waals surface area (Å²) in [4.78, 5) is 22.2. The molecule has 0 radical (unpaired) electrons.